The Morgan fingerprint density at radius 1 is 1.00 bits per heavy atom. The monoisotopic (exact) mass is 425 g/mol. The molecule has 1 fully saturated rings. The highest BCUT2D eigenvalue weighted by molar-refractivity contribution is 6.04. The van der Waals surface area contributed by atoms with Gasteiger partial charge in [-0.15, -0.1) is 0 Å². The number of hydrogen-bond donors (Lipinski definition) is 1. The Morgan fingerprint density at radius 3 is 2.59 bits per heavy atom. The molecule has 1 aliphatic rings. The number of pyridine rings is 2. The first-order valence-corrected chi connectivity index (χ1v) is 10.8. The van der Waals surface area contributed by atoms with Gasteiger partial charge in [-0.1, -0.05) is 12.1 Å². The van der Waals surface area contributed by atoms with E-state index in [9.17, 15) is 4.79 Å². The van der Waals surface area contributed by atoms with Crippen LogP contribution >= 0.6 is 0 Å². The van der Waals surface area contributed by atoms with Crippen molar-refractivity contribution in [2.45, 2.75) is 12.5 Å². The zero-order chi connectivity index (χ0) is 21.8. The summed E-state index contributed by atoms with van der Waals surface area (Å²) in [5, 5.41) is 8.59. The average Bonchev–Trinajstić information content (AvgIpc) is 3.55. The smallest absolute Gasteiger partial charge is 0.315 e. The molecule has 0 spiro atoms. The first-order valence-electron chi connectivity index (χ1n) is 10.8. The molecule has 0 radical (unpaired) electrons. The number of fused-ring (bicyclic) bond motifs is 3. The van der Waals surface area contributed by atoms with E-state index in [4.69, 9.17) is 0 Å². The maximum absolute atomic E-state index is 13.1. The Bertz CT molecular complexity index is 1520. The van der Waals surface area contributed by atoms with Crippen molar-refractivity contribution >= 4 is 21.9 Å². The minimum Gasteiger partial charge on any atom is -0.315 e. The fourth-order valence-electron chi connectivity index (χ4n) is 4.69. The van der Waals surface area contributed by atoms with Gasteiger partial charge in [0.15, 0.2) is 0 Å². The highest BCUT2D eigenvalue weighted by atomic mass is 16.1. The number of aryl methyl sites for hydroxylation is 2. The lowest BCUT2D eigenvalue weighted by molar-refractivity contribution is 0.536. The van der Waals surface area contributed by atoms with Crippen LogP contribution in [0.1, 0.15) is 12.5 Å². The average molecular weight is 425 g/mol. The van der Waals surface area contributed by atoms with Crippen LogP contribution in [-0.2, 0) is 14.1 Å². The summed E-state index contributed by atoms with van der Waals surface area (Å²) in [5.74, 6) is 0. The van der Waals surface area contributed by atoms with E-state index in [1.807, 2.05) is 55.6 Å². The molecule has 8 heteroatoms. The summed E-state index contributed by atoms with van der Waals surface area (Å²) >= 11 is 0. The van der Waals surface area contributed by atoms with Crippen molar-refractivity contribution in [3.63, 3.8) is 0 Å². The van der Waals surface area contributed by atoms with Crippen LogP contribution in [0.5, 0.6) is 0 Å². The fraction of sp³-hybridized carbons (Fsp3) is 0.250. The molecule has 0 bridgehead atoms. The molecule has 160 valence electrons. The maximum Gasteiger partial charge on any atom is 0.329 e. The van der Waals surface area contributed by atoms with Gasteiger partial charge in [0.05, 0.1) is 40.7 Å². The van der Waals surface area contributed by atoms with Crippen molar-refractivity contribution in [1.82, 2.24) is 34.2 Å². The molecular weight excluding hydrogens is 402 g/mol. The molecule has 8 nitrogen and oxygen atoms in total. The molecule has 1 unspecified atom stereocenters. The van der Waals surface area contributed by atoms with Crippen molar-refractivity contribution in [3.05, 3.63) is 65.6 Å². The Labute approximate surface area is 184 Å². The van der Waals surface area contributed by atoms with Crippen LogP contribution in [0.4, 0.5) is 0 Å². The molecule has 1 saturated heterocycles. The lowest BCUT2D eigenvalue weighted by atomic mass is 10.0. The standard InChI is InChI=1S/C24H23N7O/c1-29-14-17(11-28-29)20-5-4-16(10-26-20)15-3-6-21-19(9-15)23-22(13-27-21)30(2)24(32)31(23)18-7-8-25-12-18/h3-6,9-11,13-14,18,25H,7-8,12H2,1-2H3. The molecule has 32 heavy (non-hydrogen) atoms. The minimum atomic E-state index is 0.0101. The maximum atomic E-state index is 13.1. The Hall–Kier alpha value is -3.78. The summed E-state index contributed by atoms with van der Waals surface area (Å²) in [6.45, 7) is 1.74. The Kier molecular flexibility index (Phi) is 4.22. The van der Waals surface area contributed by atoms with Gasteiger partial charge in [0.2, 0.25) is 0 Å². The first-order chi connectivity index (χ1) is 15.6. The first kappa shape index (κ1) is 18.9. The topological polar surface area (TPSA) is 82.6 Å². The lowest BCUT2D eigenvalue weighted by Crippen LogP contribution is -2.27. The quantitative estimate of drug-likeness (QED) is 0.481. The third-order valence-corrected chi connectivity index (χ3v) is 6.41. The van der Waals surface area contributed by atoms with E-state index < -0.39 is 0 Å². The van der Waals surface area contributed by atoms with Crippen LogP contribution in [0.3, 0.4) is 0 Å². The van der Waals surface area contributed by atoms with E-state index in [1.165, 1.54) is 0 Å². The van der Waals surface area contributed by atoms with E-state index in [2.05, 4.69) is 38.6 Å². The van der Waals surface area contributed by atoms with Crippen LogP contribution < -0.4 is 11.0 Å². The van der Waals surface area contributed by atoms with Crippen LogP contribution in [0.2, 0.25) is 0 Å². The summed E-state index contributed by atoms with van der Waals surface area (Å²) in [4.78, 5) is 22.4. The van der Waals surface area contributed by atoms with Crippen LogP contribution in [0.25, 0.3) is 44.3 Å². The molecule has 5 aromatic rings. The Morgan fingerprint density at radius 2 is 1.88 bits per heavy atom. The number of benzene rings is 1. The van der Waals surface area contributed by atoms with Crippen molar-refractivity contribution < 1.29 is 0 Å². The zero-order valence-electron chi connectivity index (χ0n) is 18.0. The van der Waals surface area contributed by atoms with Gasteiger partial charge in [0.1, 0.15) is 0 Å². The van der Waals surface area contributed by atoms with Gasteiger partial charge in [-0.2, -0.15) is 5.10 Å². The number of nitrogens with zero attached hydrogens (tertiary/aromatic N) is 6. The van der Waals surface area contributed by atoms with Gasteiger partial charge < -0.3 is 5.32 Å². The molecule has 1 aromatic carbocycles. The molecule has 1 N–H and O–H groups in total. The van der Waals surface area contributed by atoms with E-state index in [-0.39, 0.29) is 11.7 Å². The lowest BCUT2D eigenvalue weighted by Gasteiger charge is -2.12. The second kappa shape index (κ2) is 7.13. The minimum absolute atomic E-state index is 0.0101. The normalized spacial score (nSPS) is 16.4. The van der Waals surface area contributed by atoms with E-state index in [0.717, 1.165) is 63.8 Å². The van der Waals surface area contributed by atoms with Crippen LogP contribution in [0.15, 0.2) is 59.9 Å². The highest BCUT2D eigenvalue weighted by Crippen LogP contribution is 2.31. The molecule has 4 aromatic heterocycles. The number of nitrogens with one attached hydrogen (secondary N) is 1. The van der Waals surface area contributed by atoms with E-state index in [1.54, 1.807) is 9.25 Å². The molecule has 5 heterocycles. The second-order valence-electron chi connectivity index (χ2n) is 8.42. The SMILES string of the molecule is Cn1cc(-c2ccc(-c3ccc4ncc5c(c4c3)n(C3CCNC3)c(=O)n5C)cn2)cn1. The summed E-state index contributed by atoms with van der Waals surface area (Å²) in [6.07, 6.45) is 8.40. The zero-order valence-corrected chi connectivity index (χ0v) is 18.0. The fourth-order valence-corrected chi connectivity index (χ4v) is 4.69. The molecular formula is C24H23N7O. The molecule has 0 saturated carbocycles. The van der Waals surface area contributed by atoms with E-state index in [0.29, 0.717) is 0 Å². The van der Waals surface area contributed by atoms with E-state index >= 15 is 0 Å². The molecule has 0 aliphatic carbocycles. The van der Waals surface area contributed by atoms with Gasteiger partial charge in [-0.25, -0.2) is 4.79 Å². The highest BCUT2D eigenvalue weighted by Gasteiger charge is 2.24. The van der Waals surface area contributed by atoms with Gasteiger partial charge >= 0.3 is 5.69 Å². The van der Waals surface area contributed by atoms with Crippen molar-refractivity contribution in [3.8, 4) is 22.4 Å². The summed E-state index contributed by atoms with van der Waals surface area (Å²) in [5.41, 5.74) is 6.64. The predicted molar refractivity (Wildman–Crippen MR) is 124 cm³/mol. The third-order valence-electron chi connectivity index (χ3n) is 6.41. The summed E-state index contributed by atoms with van der Waals surface area (Å²) in [6, 6.07) is 10.4. The predicted octanol–water partition coefficient (Wildman–Crippen LogP) is 2.89. The number of rotatable bonds is 3. The molecule has 0 amide bonds. The number of imidazole rings is 1. The van der Waals surface area contributed by atoms with Gasteiger partial charge in [0.25, 0.3) is 0 Å². The van der Waals surface area contributed by atoms with Gasteiger partial charge in [-0.3, -0.25) is 23.8 Å². The third kappa shape index (κ3) is 2.87. The summed E-state index contributed by atoms with van der Waals surface area (Å²) in [7, 11) is 3.72. The molecule has 6 rings (SSSR count). The van der Waals surface area contributed by atoms with Gasteiger partial charge in [0, 0.05) is 49.5 Å². The number of hydrogen-bond acceptors (Lipinski definition) is 5. The van der Waals surface area contributed by atoms with Gasteiger partial charge in [-0.05, 0) is 36.7 Å². The van der Waals surface area contributed by atoms with Crippen LogP contribution in [-0.4, -0.2) is 42.0 Å². The molecule has 1 atom stereocenters. The van der Waals surface area contributed by atoms with Crippen LogP contribution in [0, 0.1) is 0 Å². The second-order valence-corrected chi connectivity index (χ2v) is 8.42. The van der Waals surface area contributed by atoms with Crippen molar-refractivity contribution in [1.29, 1.82) is 0 Å². The number of aromatic nitrogens is 6. The summed E-state index contributed by atoms with van der Waals surface area (Å²) < 4.78 is 5.43. The Balaban J connectivity index is 1.51. The van der Waals surface area contributed by atoms with Crippen molar-refractivity contribution in [2.24, 2.45) is 14.1 Å². The molecule has 1 aliphatic heterocycles. The largest absolute Gasteiger partial charge is 0.329 e. The van der Waals surface area contributed by atoms with Crippen molar-refractivity contribution in [2.75, 3.05) is 13.1 Å².